The van der Waals surface area contributed by atoms with Crippen molar-refractivity contribution in [3.63, 3.8) is 0 Å². The first-order chi connectivity index (χ1) is 3.72. The van der Waals surface area contributed by atoms with Gasteiger partial charge in [0.05, 0.1) is 6.04 Å². The Hall–Kier alpha value is -0.410. The van der Waals surface area contributed by atoms with E-state index in [0.29, 0.717) is 0 Å². The van der Waals surface area contributed by atoms with Gasteiger partial charge in [-0.15, -0.1) is 0 Å². The van der Waals surface area contributed by atoms with Crippen LogP contribution in [-0.2, 0) is 0 Å². The molecule has 8 heavy (non-hydrogen) atoms. The van der Waals surface area contributed by atoms with Gasteiger partial charge in [-0.05, 0) is 20.6 Å². The van der Waals surface area contributed by atoms with Gasteiger partial charge in [0.25, 0.3) is 0 Å². The van der Waals surface area contributed by atoms with Crippen LogP contribution in [0.1, 0.15) is 13.8 Å². The second kappa shape index (κ2) is 3.57. The monoisotopic (exact) mass is 115 g/mol. The Morgan fingerprint density at radius 1 is 1.62 bits per heavy atom. The van der Waals surface area contributed by atoms with Crippen LogP contribution in [0.15, 0.2) is 4.99 Å². The first-order valence-electron chi connectivity index (χ1n) is 2.64. The normalized spacial score (nSPS) is 17.4. The molecule has 3 heteroatoms. The molecule has 0 saturated carbocycles. The number of hydrogen-bond acceptors (Lipinski definition) is 3. The lowest BCUT2D eigenvalue weighted by molar-refractivity contribution is 0.495. The molecule has 0 rings (SSSR count). The van der Waals surface area contributed by atoms with Gasteiger partial charge >= 0.3 is 0 Å². The van der Waals surface area contributed by atoms with Gasteiger partial charge in [0, 0.05) is 6.04 Å². The Kier molecular flexibility index (Phi) is 3.39. The Morgan fingerprint density at radius 2 is 2.12 bits per heavy atom. The highest BCUT2D eigenvalue weighted by Crippen LogP contribution is 1.92. The molecule has 2 atom stereocenters. The molecular weight excluding hydrogens is 102 g/mol. The molecule has 3 N–H and O–H groups in total. The van der Waals surface area contributed by atoms with E-state index in [1.54, 1.807) is 0 Å². The van der Waals surface area contributed by atoms with E-state index >= 15 is 0 Å². The summed E-state index contributed by atoms with van der Waals surface area (Å²) in [6.07, 6.45) is 0. The molecule has 0 radical (unpaired) electrons. The summed E-state index contributed by atoms with van der Waals surface area (Å²) >= 11 is 0. The zero-order valence-corrected chi connectivity index (χ0v) is 5.39. The van der Waals surface area contributed by atoms with Crippen molar-refractivity contribution in [3.05, 3.63) is 0 Å². The number of nitrogens with zero attached hydrogens (tertiary/aromatic N) is 1. The lowest BCUT2D eigenvalue weighted by Crippen LogP contribution is -2.39. The van der Waals surface area contributed by atoms with E-state index in [4.69, 9.17) is 5.84 Å². The van der Waals surface area contributed by atoms with Crippen LogP contribution in [0.3, 0.4) is 0 Å². The summed E-state index contributed by atoms with van der Waals surface area (Å²) in [4.78, 5) is 3.77. The molecule has 0 aliphatic carbocycles. The molecule has 3 nitrogen and oxygen atoms in total. The number of aliphatic imine (C=N–C) groups is 1. The molecule has 0 bridgehead atoms. The van der Waals surface area contributed by atoms with Gasteiger partial charge in [0.15, 0.2) is 0 Å². The van der Waals surface area contributed by atoms with Crippen LogP contribution in [0, 0.1) is 0 Å². The van der Waals surface area contributed by atoms with E-state index in [1.165, 1.54) is 0 Å². The average molecular weight is 115 g/mol. The third kappa shape index (κ3) is 2.04. The molecule has 0 aromatic heterocycles. The second-order valence-corrected chi connectivity index (χ2v) is 1.88. The Morgan fingerprint density at radius 3 is 2.25 bits per heavy atom. The van der Waals surface area contributed by atoms with Crippen molar-refractivity contribution in [2.45, 2.75) is 25.9 Å². The van der Waals surface area contributed by atoms with Gasteiger partial charge in [0.1, 0.15) is 0 Å². The Balaban J connectivity index is 3.44. The molecule has 48 valence electrons. The number of hydrazine groups is 1. The van der Waals surface area contributed by atoms with Crippen molar-refractivity contribution in [2.24, 2.45) is 10.8 Å². The maximum absolute atomic E-state index is 5.11. The molecule has 0 heterocycles. The summed E-state index contributed by atoms with van der Waals surface area (Å²) in [5, 5.41) is 0. The van der Waals surface area contributed by atoms with E-state index in [-0.39, 0.29) is 12.1 Å². The smallest absolute Gasteiger partial charge is 0.0628 e. The topological polar surface area (TPSA) is 50.4 Å². The molecule has 0 aliphatic heterocycles. The number of rotatable bonds is 3. The van der Waals surface area contributed by atoms with E-state index in [0.717, 1.165) is 0 Å². The summed E-state index contributed by atoms with van der Waals surface area (Å²) in [6, 6.07) is 0.410. The number of nitrogens with two attached hydrogens (primary N) is 1. The summed E-state index contributed by atoms with van der Waals surface area (Å²) in [5.41, 5.74) is 2.58. The fourth-order valence-electron chi connectivity index (χ4n) is 0.297. The predicted octanol–water partition coefficient (Wildman–Crippen LogP) is -0.0727. The summed E-state index contributed by atoms with van der Waals surface area (Å²) in [7, 11) is 0. The predicted molar refractivity (Wildman–Crippen MR) is 35.8 cm³/mol. The number of nitrogens with one attached hydrogen (secondary N) is 1. The zero-order chi connectivity index (χ0) is 6.57. The van der Waals surface area contributed by atoms with E-state index < -0.39 is 0 Å². The van der Waals surface area contributed by atoms with Crippen molar-refractivity contribution in [2.75, 3.05) is 0 Å². The molecule has 0 aliphatic rings. The van der Waals surface area contributed by atoms with E-state index in [9.17, 15) is 0 Å². The van der Waals surface area contributed by atoms with Crippen LogP contribution in [-0.4, -0.2) is 18.8 Å². The summed E-state index contributed by atoms with van der Waals surface area (Å²) in [6.45, 7) is 7.30. The highest BCUT2D eigenvalue weighted by Gasteiger charge is 2.04. The minimum Gasteiger partial charge on any atom is -0.296 e. The van der Waals surface area contributed by atoms with Gasteiger partial charge in [-0.25, -0.2) is 0 Å². The van der Waals surface area contributed by atoms with Crippen molar-refractivity contribution in [3.8, 4) is 0 Å². The lowest BCUT2D eigenvalue weighted by atomic mass is 10.2. The first kappa shape index (κ1) is 7.59. The fourth-order valence-corrected chi connectivity index (χ4v) is 0.297. The minimum atomic E-state index is 0.194. The highest BCUT2D eigenvalue weighted by molar-refractivity contribution is 5.24. The van der Waals surface area contributed by atoms with Gasteiger partial charge in [-0.2, -0.15) is 0 Å². The molecule has 0 aromatic rings. The van der Waals surface area contributed by atoms with Crippen molar-refractivity contribution < 1.29 is 0 Å². The quantitative estimate of drug-likeness (QED) is 0.307. The fraction of sp³-hybridized carbons (Fsp3) is 0.800. The van der Waals surface area contributed by atoms with Gasteiger partial charge < -0.3 is 0 Å². The van der Waals surface area contributed by atoms with Gasteiger partial charge in [0.2, 0.25) is 0 Å². The van der Waals surface area contributed by atoms with Crippen molar-refractivity contribution in [1.29, 1.82) is 0 Å². The molecule has 0 spiro atoms. The van der Waals surface area contributed by atoms with E-state index in [2.05, 4.69) is 17.1 Å². The minimum absolute atomic E-state index is 0.194. The number of hydrogen-bond donors (Lipinski definition) is 2. The van der Waals surface area contributed by atoms with Crippen LogP contribution >= 0.6 is 0 Å². The lowest BCUT2D eigenvalue weighted by Gasteiger charge is -2.12. The molecule has 0 amide bonds. The zero-order valence-electron chi connectivity index (χ0n) is 5.39. The Bertz CT molecular complexity index is 72.1. The maximum Gasteiger partial charge on any atom is 0.0628 e. The van der Waals surface area contributed by atoms with Gasteiger partial charge in [-0.1, -0.05) is 0 Å². The molecule has 0 aromatic carbocycles. The molecule has 0 saturated heterocycles. The van der Waals surface area contributed by atoms with Crippen molar-refractivity contribution in [1.82, 2.24) is 5.43 Å². The third-order valence-corrected chi connectivity index (χ3v) is 1.27. The standard InChI is InChI=1S/C5H13N3/c1-4(7-3)5(2)8-6/h4-5,8H,3,6H2,1-2H3. The largest absolute Gasteiger partial charge is 0.296 e. The third-order valence-electron chi connectivity index (χ3n) is 1.27. The maximum atomic E-state index is 5.11. The first-order valence-corrected chi connectivity index (χ1v) is 2.64. The molecular formula is C5H13N3. The van der Waals surface area contributed by atoms with Crippen LogP contribution in [0.4, 0.5) is 0 Å². The van der Waals surface area contributed by atoms with Crippen LogP contribution in [0.2, 0.25) is 0 Å². The summed E-state index contributed by atoms with van der Waals surface area (Å²) < 4.78 is 0. The second-order valence-electron chi connectivity index (χ2n) is 1.88. The highest BCUT2D eigenvalue weighted by atomic mass is 15.2. The van der Waals surface area contributed by atoms with Crippen molar-refractivity contribution >= 4 is 6.72 Å². The molecule has 0 fully saturated rings. The van der Waals surface area contributed by atoms with E-state index in [1.807, 2.05) is 13.8 Å². The van der Waals surface area contributed by atoms with Gasteiger partial charge in [-0.3, -0.25) is 16.3 Å². The Labute approximate surface area is 50.0 Å². The van der Waals surface area contributed by atoms with Crippen LogP contribution < -0.4 is 11.3 Å². The summed E-state index contributed by atoms with van der Waals surface area (Å²) in [5.74, 6) is 5.11. The SMILES string of the molecule is C=NC(C)C(C)NN. The van der Waals surface area contributed by atoms with Crippen LogP contribution in [0.25, 0.3) is 0 Å². The average Bonchev–Trinajstić information content (AvgIpc) is 1.84. The molecule has 2 unspecified atom stereocenters. The van der Waals surface area contributed by atoms with Crippen LogP contribution in [0.5, 0.6) is 0 Å².